The smallest absolute Gasteiger partial charge is 0.0101 e. The summed E-state index contributed by atoms with van der Waals surface area (Å²) in [6.07, 6.45) is 7.78. The van der Waals surface area contributed by atoms with Crippen LogP contribution in [0.25, 0.3) is 0 Å². The molecule has 0 aliphatic heterocycles. The lowest BCUT2D eigenvalue weighted by molar-refractivity contribution is 0.227. The normalized spacial score (nSPS) is 26.2. The van der Waals surface area contributed by atoms with Gasteiger partial charge in [0.25, 0.3) is 0 Å². The van der Waals surface area contributed by atoms with Crippen molar-refractivity contribution in [3.8, 4) is 0 Å². The van der Waals surface area contributed by atoms with Crippen molar-refractivity contribution in [2.45, 2.75) is 65.0 Å². The first-order chi connectivity index (χ1) is 8.21. The van der Waals surface area contributed by atoms with Crippen LogP contribution in [-0.2, 0) is 0 Å². The van der Waals surface area contributed by atoms with Gasteiger partial charge in [-0.15, -0.1) is 0 Å². The molecule has 1 aliphatic rings. The maximum atomic E-state index is 3.63. The van der Waals surface area contributed by atoms with Gasteiger partial charge in [-0.3, -0.25) is 0 Å². The molecule has 0 nitrogen and oxygen atoms in total. The summed E-state index contributed by atoms with van der Waals surface area (Å²) in [6, 6.07) is 0. The molecule has 0 aromatic rings. The lowest BCUT2D eigenvalue weighted by Gasteiger charge is -2.32. The molecule has 2 heteroatoms. The second-order valence-electron chi connectivity index (χ2n) is 7.62. The maximum Gasteiger partial charge on any atom is 0.0101 e. The van der Waals surface area contributed by atoms with Gasteiger partial charge in [0.1, 0.15) is 0 Å². The van der Waals surface area contributed by atoms with Crippen LogP contribution >= 0.6 is 27.7 Å². The Hall–Kier alpha value is 0.830. The summed E-state index contributed by atoms with van der Waals surface area (Å²) >= 11 is 5.63. The van der Waals surface area contributed by atoms with Crippen LogP contribution < -0.4 is 0 Å². The molecular weight excluding hydrogens is 304 g/mol. The van der Waals surface area contributed by atoms with Crippen molar-refractivity contribution in [2.24, 2.45) is 23.2 Å². The second-order valence-corrected chi connectivity index (χ2v) is 9.78. The molecule has 3 atom stereocenters. The van der Waals surface area contributed by atoms with Gasteiger partial charge >= 0.3 is 0 Å². The minimum atomic E-state index is 0.443. The lowest BCUT2D eigenvalue weighted by atomic mass is 9.77. The zero-order valence-electron chi connectivity index (χ0n) is 13.1. The second kappa shape index (κ2) is 6.52. The van der Waals surface area contributed by atoms with Crippen LogP contribution in [0, 0.1) is 23.2 Å². The van der Waals surface area contributed by atoms with Gasteiger partial charge in [0.05, 0.1) is 0 Å². The maximum absolute atomic E-state index is 3.63. The van der Waals surface area contributed by atoms with Gasteiger partial charge in [-0.1, -0.05) is 50.5 Å². The predicted molar refractivity (Wildman–Crippen MR) is 89.8 cm³/mol. The first-order valence-corrected chi connectivity index (χ1v) is 9.66. The summed E-state index contributed by atoms with van der Waals surface area (Å²) in [5.74, 6) is 2.87. The van der Waals surface area contributed by atoms with Crippen LogP contribution in [0.3, 0.4) is 0 Å². The average molecular weight is 335 g/mol. The number of thioether (sulfide) groups is 1. The Labute approximate surface area is 127 Å². The number of rotatable bonds is 8. The van der Waals surface area contributed by atoms with E-state index in [1.54, 1.807) is 0 Å². The zero-order chi connectivity index (χ0) is 14.0. The predicted octanol–water partition coefficient (Wildman–Crippen LogP) is 5.99. The molecule has 1 saturated carbocycles. The summed E-state index contributed by atoms with van der Waals surface area (Å²) < 4.78 is 0.443. The van der Waals surface area contributed by atoms with E-state index in [1.807, 2.05) is 11.8 Å². The Morgan fingerprint density at radius 1 is 1.22 bits per heavy atom. The van der Waals surface area contributed by atoms with E-state index < -0.39 is 0 Å². The fourth-order valence-corrected chi connectivity index (χ4v) is 4.06. The Kier molecular flexibility index (Phi) is 6.12. The van der Waals surface area contributed by atoms with Crippen molar-refractivity contribution < 1.29 is 0 Å². The van der Waals surface area contributed by atoms with Gasteiger partial charge in [-0.05, 0) is 55.1 Å². The van der Waals surface area contributed by atoms with Gasteiger partial charge in [0.15, 0.2) is 0 Å². The monoisotopic (exact) mass is 334 g/mol. The molecule has 0 N–H and O–H groups in total. The molecule has 2 unspecified atom stereocenters. The highest BCUT2D eigenvalue weighted by atomic mass is 79.9. The van der Waals surface area contributed by atoms with E-state index in [0.29, 0.717) is 10.2 Å². The van der Waals surface area contributed by atoms with Gasteiger partial charge in [-0.25, -0.2) is 0 Å². The average Bonchev–Trinajstić information content (AvgIpc) is 3.05. The van der Waals surface area contributed by atoms with E-state index in [-0.39, 0.29) is 0 Å². The van der Waals surface area contributed by atoms with Gasteiger partial charge in [0, 0.05) is 10.1 Å². The van der Waals surface area contributed by atoms with Crippen LogP contribution in [-0.4, -0.2) is 16.3 Å². The molecule has 0 radical (unpaired) electrons. The van der Waals surface area contributed by atoms with Crippen molar-refractivity contribution in [2.75, 3.05) is 11.6 Å². The van der Waals surface area contributed by atoms with E-state index >= 15 is 0 Å². The number of halogens is 1. The van der Waals surface area contributed by atoms with Gasteiger partial charge in [0.2, 0.25) is 0 Å². The molecule has 1 aliphatic carbocycles. The number of hydrogen-bond donors (Lipinski definition) is 0. The molecule has 0 saturated heterocycles. The highest BCUT2D eigenvalue weighted by Crippen LogP contribution is 2.49. The molecule has 0 aromatic heterocycles. The first-order valence-electron chi connectivity index (χ1n) is 7.32. The fourth-order valence-electron chi connectivity index (χ4n) is 3.01. The van der Waals surface area contributed by atoms with E-state index in [1.165, 1.54) is 31.0 Å². The van der Waals surface area contributed by atoms with E-state index in [0.717, 1.165) is 17.8 Å². The molecule has 1 fully saturated rings. The van der Waals surface area contributed by atoms with E-state index in [9.17, 15) is 0 Å². The van der Waals surface area contributed by atoms with Crippen LogP contribution in [0.2, 0.25) is 0 Å². The SMILES string of the molecule is CSC(C)(C)CCC(C)(C)CC(C)[C@@H]1CC1CBr. The summed E-state index contributed by atoms with van der Waals surface area (Å²) in [4.78, 5) is 0. The Bertz CT molecular complexity index is 260. The number of hydrogen-bond acceptors (Lipinski definition) is 1. The summed E-state index contributed by atoms with van der Waals surface area (Å²) in [5.41, 5.74) is 0.506. The molecule has 1 rings (SSSR count). The highest BCUT2D eigenvalue weighted by Gasteiger charge is 2.41. The standard InChI is InChI=1S/C16H31BrS/c1-12(14-9-13(14)11-17)10-15(2,3)7-8-16(4,5)18-6/h12-14H,7-11H2,1-6H3/t12?,13?,14-/m0/s1. The summed E-state index contributed by atoms with van der Waals surface area (Å²) in [7, 11) is 0. The minimum absolute atomic E-state index is 0.443. The van der Waals surface area contributed by atoms with Crippen molar-refractivity contribution in [3.05, 3.63) is 0 Å². The van der Waals surface area contributed by atoms with Gasteiger partial charge < -0.3 is 0 Å². The van der Waals surface area contributed by atoms with Crippen molar-refractivity contribution in [1.82, 2.24) is 0 Å². The largest absolute Gasteiger partial charge is 0.159 e. The minimum Gasteiger partial charge on any atom is -0.159 e. The first kappa shape index (κ1) is 16.9. The topological polar surface area (TPSA) is 0 Å². The van der Waals surface area contributed by atoms with Crippen LogP contribution in [0.15, 0.2) is 0 Å². The lowest BCUT2D eigenvalue weighted by Crippen LogP contribution is -2.22. The summed E-state index contributed by atoms with van der Waals surface area (Å²) in [5, 5.41) is 1.21. The van der Waals surface area contributed by atoms with Crippen LogP contribution in [0.1, 0.15) is 60.3 Å². The molecule has 0 spiro atoms. The van der Waals surface area contributed by atoms with Crippen molar-refractivity contribution in [3.63, 3.8) is 0 Å². The highest BCUT2D eigenvalue weighted by molar-refractivity contribution is 9.09. The molecule has 0 bridgehead atoms. The van der Waals surface area contributed by atoms with Gasteiger partial charge in [-0.2, -0.15) is 11.8 Å². The third-order valence-electron chi connectivity index (χ3n) is 4.74. The molecule has 0 aromatic carbocycles. The third kappa shape index (κ3) is 5.45. The van der Waals surface area contributed by atoms with E-state index in [4.69, 9.17) is 0 Å². The third-order valence-corrected chi connectivity index (χ3v) is 6.88. The molecule has 0 heterocycles. The Morgan fingerprint density at radius 2 is 1.83 bits per heavy atom. The van der Waals surface area contributed by atoms with Crippen molar-refractivity contribution >= 4 is 27.7 Å². The van der Waals surface area contributed by atoms with Crippen molar-refractivity contribution in [1.29, 1.82) is 0 Å². The van der Waals surface area contributed by atoms with E-state index in [2.05, 4.69) is 56.8 Å². The quantitative estimate of drug-likeness (QED) is 0.491. The van der Waals surface area contributed by atoms with Crippen LogP contribution in [0.4, 0.5) is 0 Å². The summed E-state index contributed by atoms with van der Waals surface area (Å²) in [6.45, 7) is 12.1. The number of alkyl halides is 1. The van der Waals surface area contributed by atoms with Crippen LogP contribution in [0.5, 0.6) is 0 Å². The molecule has 0 amide bonds. The fraction of sp³-hybridized carbons (Fsp3) is 1.00. The Morgan fingerprint density at radius 3 is 2.28 bits per heavy atom. The zero-order valence-corrected chi connectivity index (χ0v) is 15.5. The molecule has 108 valence electrons. The molecular formula is C16H31BrS. The Balaban J connectivity index is 2.35. The molecule has 18 heavy (non-hydrogen) atoms.